The smallest absolute Gasteiger partial charge is 0.292 e. The fourth-order valence-corrected chi connectivity index (χ4v) is 1.27. The maximum absolute atomic E-state index is 10.7. The van der Waals surface area contributed by atoms with E-state index in [1.165, 1.54) is 6.07 Å². The Hall–Kier alpha value is -2.06. The number of nitro benzene ring substituents is 1. The summed E-state index contributed by atoms with van der Waals surface area (Å²) >= 11 is 0. The van der Waals surface area contributed by atoms with Gasteiger partial charge in [0.25, 0.3) is 5.69 Å². The molecule has 0 amide bonds. The number of rotatable bonds is 3. The molecule has 0 aliphatic carbocycles. The molecule has 0 spiro atoms. The van der Waals surface area contributed by atoms with Crippen LogP contribution in [0.25, 0.3) is 0 Å². The Morgan fingerprint density at radius 1 is 1.47 bits per heavy atom. The van der Waals surface area contributed by atoms with E-state index in [0.717, 1.165) is 5.56 Å². The van der Waals surface area contributed by atoms with Crippen LogP contribution in [0.15, 0.2) is 18.2 Å². The van der Waals surface area contributed by atoms with Crippen molar-refractivity contribution < 1.29 is 4.92 Å². The van der Waals surface area contributed by atoms with Gasteiger partial charge in [-0.1, -0.05) is 11.8 Å². The average Bonchev–Trinajstić information content (AvgIpc) is 2.28. The van der Waals surface area contributed by atoms with Gasteiger partial charge in [-0.3, -0.25) is 15.0 Å². The second kappa shape index (κ2) is 5.87. The van der Waals surface area contributed by atoms with E-state index >= 15 is 0 Å². The minimum Gasteiger partial charge on any atom is -0.383 e. The molecule has 0 unspecified atom stereocenters. The van der Waals surface area contributed by atoms with Gasteiger partial charge in [0.15, 0.2) is 0 Å². The molecule has 0 aliphatic heterocycles. The van der Waals surface area contributed by atoms with Gasteiger partial charge in [-0.05, 0) is 26.2 Å². The number of nitro groups is 1. The van der Waals surface area contributed by atoms with Gasteiger partial charge in [0.2, 0.25) is 0 Å². The largest absolute Gasteiger partial charge is 0.383 e. The van der Waals surface area contributed by atoms with Gasteiger partial charge in [0, 0.05) is 18.7 Å². The van der Waals surface area contributed by atoms with E-state index in [0.29, 0.717) is 12.2 Å². The number of nitrogens with zero attached hydrogens (tertiary/aromatic N) is 2. The second-order valence-electron chi connectivity index (χ2n) is 3.78. The fourth-order valence-electron chi connectivity index (χ4n) is 1.27. The first-order valence-electron chi connectivity index (χ1n) is 5.14. The number of hydrogen-bond donors (Lipinski definition) is 1. The summed E-state index contributed by atoms with van der Waals surface area (Å²) in [6.45, 7) is 0.659. The van der Waals surface area contributed by atoms with E-state index in [4.69, 9.17) is 0 Å². The van der Waals surface area contributed by atoms with Crippen molar-refractivity contribution in [3.8, 4) is 11.8 Å². The van der Waals surface area contributed by atoms with Crippen molar-refractivity contribution in [1.29, 1.82) is 0 Å². The topological polar surface area (TPSA) is 58.4 Å². The number of hydrogen-bond acceptors (Lipinski definition) is 4. The number of benzene rings is 1. The molecule has 1 aromatic carbocycles. The van der Waals surface area contributed by atoms with Crippen molar-refractivity contribution in [1.82, 2.24) is 4.90 Å². The summed E-state index contributed by atoms with van der Waals surface area (Å²) in [5.74, 6) is 5.94. The third kappa shape index (κ3) is 3.78. The van der Waals surface area contributed by atoms with Gasteiger partial charge in [-0.2, -0.15) is 0 Å². The molecule has 5 heteroatoms. The molecule has 0 aromatic heterocycles. The van der Waals surface area contributed by atoms with Crippen LogP contribution in [0.1, 0.15) is 5.56 Å². The van der Waals surface area contributed by atoms with Crippen molar-refractivity contribution >= 4 is 11.4 Å². The molecule has 0 atom stereocenters. The van der Waals surface area contributed by atoms with Crippen LogP contribution in [-0.4, -0.2) is 37.5 Å². The SMILES string of the molecule is CNc1cc(C#CCN(C)C)ccc1[N+](=O)[O-]. The Labute approximate surface area is 101 Å². The van der Waals surface area contributed by atoms with E-state index < -0.39 is 4.92 Å². The van der Waals surface area contributed by atoms with Crippen molar-refractivity contribution in [3.05, 3.63) is 33.9 Å². The highest BCUT2D eigenvalue weighted by atomic mass is 16.6. The third-order valence-electron chi connectivity index (χ3n) is 2.09. The predicted octanol–water partition coefficient (Wildman–Crippen LogP) is 1.55. The Morgan fingerprint density at radius 2 is 2.18 bits per heavy atom. The molecule has 0 bridgehead atoms. The van der Waals surface area contributed by atoms with Crippen LogP contribution in [0.4, 0.5) is 11.4 Å². The van der Waals surface area contributed by atoms with E-state index in [1.54, 1.807) is 19.2 Å². The van der Waals surface area contributed by atoms with Crippen LogP contribution in [0.5, 0.6) is 0 Å². The molecular formula is C12H15N3O2. The summed E-state index contributed by atoms with van der Waals surface area (Å²) in [5.41, 5.74) is 1.30. The molecule has 0 saturated carbocycles. The molecule has 1 rings (SSSR count). The molecule has 0 fully saturated rings. The normalized spacial score (nSPS) is 9.65. The molecular weight excluding hydrogens is 218 g/mol. The third-order valence-corrected chi connectivity index (χ3v) is 2.09. The minimum atomic E-state index is -0.414. The maximum atomic E-state index is 10.7. The van der Waals surface area contributed by atoms with E-state index in [9.17, 15) is 10.1 Å². The Morgan fingerprint density at radius 3 is 2.71 bits per heavy atom. The van der Waals surface area contributed by atoms with Crippen LogP contribution in [0, 0.1) is 22.0 Å². The molecule has 0 heterocycles. The molecule has 1 N–H and O–H groups in total. The molecule has 0 aliphatic rings. The predicted molar refractivity (Wildman–Crippen MR) is 68.1 cm³/mol. The Kier molecular flexibility index (Phi) is 4.49. The van der Waals surface area contributed by atoms with E-state index in [2.05, 4.69) is 17.2 Å². The van der Waals surface area contributed by atoms with Crippen LogP contribution in [0.2, 0.25) is 0 Å². The van der Waals surface area contributed by atoms with E-state index in [-0.39, 0.29) is 5.69 Å². The first-order chi connectivity index (χ1) is 8.04. The zero-order valence-electron chi connectivity index (χ0n) is 10.2. The summed E-state index contributed by atoms with van der Waals surface area (Å²) in [6, 6.07) is 4.80. The zero-order valence-corrected chi connectivity index (χ0v) is 10.2. The van der Waals surface area contributed by atoms with Crippen LogP contribution >= 0.6 is 0 Å². The molecule has 0 saturated heterocycles. The monoisotopic (exact) mass is 233 g/mol. The summed E-state index contributed by atoms with van der Waals surface area (Å²) in [4.78, 5) is 12.3. The lowest BCUT2D eigenvalue weighted by Crippen LogP contribution is -2.10. The van der Waals surface area contributed by atoms with Gasteiger partial charge < -0.3 is 5.32 Å². The van der Waals surface area contributed by atoms with Crippen molar-refractivity contribution in [3.63, 3.8) is 0 Å². The van der Waals surface area contributed by atoms with Crippen LogP contribution < -0.4 is 5.32 Å². The summed E-state index contributed by atoms with van der Waals surface area (Å²) in [7, 11) is 5.52. The lowest BCUT2D eigenvalue weighted by Gasteiger charge is -2.03. The standard InChI is InChI=1S/C12H15N3O2/c1-13-11-9-10(5-4-8-14(2)3)6-7-12(11)15(16)17/h6-7,9,13H,8H2,1-3H3. The number of nitrogens with one attached hydrogen (secondary N) is 1. The van der Waals surface area contributed by atoms with Gasteiger partial charge >= 0.3 is 0 Å². The maximum Gasteiger partial charge on any atom is 0.292 e. The fraction of sp³-hybridized carbons (Fsp3) is 0.333. The first kappa shape index (κ1) is 13.0. The minimum absolute atomic E-state index is 0.0608. The summed E-state index contributed by atoms with van der Waals surface area (Å²) in [6.07, 6.45) is 0. The Balaban J connectivity index is 2.96. The molecule has 90 valence electrons. The van der Waals surface area contributed by atoms with Crippen molar-refractivity contribution in [2.75, 3.05) is 33.0 Å². The summed E-state index contributed by atoms with van der Waals surface area (Å²) in [5, 5.41) is 13.5. The van der Waals surface area contributed by atoms with Gasteiger partial charge in [-0.15, -0.1) is 0 Å². The van der Waals surface area contributed by atoms with Crippen LogP contribution in [-0.2, 0) is 0 Å². The average molecular weight is 233 g/mol. The second-order valence-corrected chi connectivity index (χ2v) is 3.78. The quantitative estimate of drug-likeness (QED) is 0.489. The van der Waals surface area contributed by atoms with Gasteiger partial charge in [0.05, 0.1) is 11.5 Å². The van der Waals surface area contributed by atoms with Crippen LogP contribution in [0.3, 0.4) is 0 Å². The van der Waals surface area contributed by atoms with Gasteiger partial charge in [0.1, 0.15) is 5.69 Å². The highest BCUT2D eigenvalue weighted by Gasteiger charge is 2.11. The van der Waals surface area contributed by atoms with Crippen molar-refractivity contribution in [2.45, 2.75) is 0 Å². The first-order valence-corrected chi connectivity index (χ1v) is 5.14. The summed E-state index contributed by atoms with van der Waals surface area (Å²) < 4.78 is 0. The van der Waals surface area contributed by atoms with Crippen molar-refractivity contribution in [2.24, 2.45) is 0 Å². The molecule has 1 aromatic rings. The van der Waals surface area contributed by atoms with Gasteiger partial charge in [-0.25, -0.2) is 0 Å². The number of anilines is 1. The lowest BCUT2D eigenvalue weighted by atomic mass is 10.1. The zero-order chi connectivity index (χ0) is 12.8. The highest BCUT2D eigenvalue weighted by molar-refractivity contribution is 5.64. The van der Waals surface area contributed by atoms with E-state index in [1.807, 2.05) is 19.0 Å². The molecule has 17 heavy (non-hydrogen) atoms. The highest BCUT2D eigenvalue weighted by Crippen LogP contribution is 2.24. The Bertz CT molecular complexity index is 472. The molecule has 0 radical (unpaired) electrons. The molecule has 5 nitrogen and oxygen atoms in total. The lowest BCUT2D eigenvalue weighted by molar-refractivity contribution is -0.383.